The number of imidazole rings is 1. The molecule has 8 heteroatoms. The summed E-state index contributed by atoms with van der Waals surface area (Å²) in [7, 11) is -3.68. The number of hydrogen-bond donors (Lipinski definition) is 2. The van der Waals surface area contributed by atoms with Crippen LogP contribution in [0.15, 0.2) is 29.4 Å². The van der Waals surface area contributed by atoms with Crippen molar-refractivity contribution < 1.29 is 8.42 Å². The highest BCUT2D eigenvalue weighted by Gasteiger charge is 2.25. The number of nitrogens with one attached hydrogen (secondary N) is 1. The predicted molar refractivity (Wildman–Crippen MR) is 77.8 cm³/mol. The highest BCUT2D eigenvalue weighted by Crippen LogP contribution is 2.20. The first-order chi connectivity index (χ1) is 8.95. The molecule has 0 bridgehead atoms. The Morgan fingerprint density at radius 3 is 2.95 bits per heavy atom. The largest absolute Gasteiger partial charge is 0.381 e. The Hall–Kier alpha value is -1.25. The van der Waals surface area contributed by atoms with Gasteiger partial charge in [-0.05, 0) is 25.3 Å². The van der Waals surface area contributed by atoms with Crippen LogP contribution in [0.3, 0.4) is 0 Å². The molecule has 0 fully saturated rings. The minimum absolute atomic E-state index is 0.00365. The summed E-state index contributed by atoms with van der Waals surface area (Å²) in [6.45, 7) is 1.81. The number of rotatable bonds is 5. The average Bonchev–Trinajstić information content (AvgIpc) is 2.64. The number of sulfonamides is 1. The van der Waals surface area contributed by atoms with Gasteiger partial charge in [-0.15, -0.1) is 0 Å². The second-order valence-electron chi connectivity index (χ2n) is 4.21. The first kappa shape index (κ1) is 14.2. The number of nitrogens with zero attached hydrogens (tertiary/aromatic N) is 2. The molecule has 2 rings (SSSR count). The van der Waals surface area contributed by atoms with Crippen LogP contribution in [0.2, 0.25) is 0 Å². The molecule has 2 heterocycles. The van der Waals surface area contributed by atoms with Crippen LogP contribution in [0, 0.1) is 0 Å². The molecule has 6 nitrogen and oxygen atoms in total. The van der Waals surface area contributed by atoms with Gasteiger partial charge in [0, 0.05) is 18.0 Å². The Bertz CT molecular complexity index is 681. The SMILES string of the molecule is CSCC(C)NS(=O)(=O)c1c(N)nc2ccccn12. The zero-order valence-corrected chi connectivity index (χ0v) is 12.3. The fraction of sp³-hybridized carbons (Fsp3) is 0.364. The Balaban J connectivity index is 2.46. The van der Waals surface area contributed by atoms with E-state index < -0.39 is 10.0 Å². The molecule has 0 radical (unpaired) electrons. The number of hydrogen-bond acceptors (Lipinski definition) is 5. The van der Waals surface area contributed by atoms with E-state index in [1.807, 2.05) is 13.2 Å². The van der Waals surface area contributed by atoms with Gasteiger partial charge in [-0.25, -0.2) is 18.1 Å². The molecule has 2 aromatic rings. The van der Waals surface area contributed by atoms with Crippen LogP contribution < -0.4 is 10.5 Å². The highest BCUT2D eigenvalue weighted by molar-refractivity contribution is 7.98. The fourth-order valence-corrected chi connectivity index (χ4v) is 4.01. The van der Waals surface area contributed by atoms with E-state index >= 15 is 0 Å². The summed E-state index contributed by atoms with van der Waals surface area (Å²) in [4.78, 5) is 4.05. The highest BCUT2D eigenvalue weighted by atomic mass is 32.2. The number of fused-ring (bicyclic) bond motifs is 1. The summed E-state index contributed by atoms with van der Waals surface area (Å²) in [5.74, 6) is 0.700. The maximum atomic E-state index is 12.4. The van der Waals surface area contributed by atoms with Gasteiger partial charge in [-0.3, -0.25) is 4.40 Å². The first-order valence-corrected chi connectivity index (χ1v) is 8.57. The smallest absolute Gasteiger partial charge is 0.260 e. The van der Waals surface area contributed by atoms with Gasteiger partial charge in [-0.1, -0.05) is 6.07 Å². The Labute approximate surface area is 116 Å². The lowest BCUT2D eigenvalue weighted by Gasteiger charge is -2.12. The van der Waals surface area contributed by atoms with Gasteiger partial charge in [0.15, 0.2) is 10.8 Å². The molecular formula is C11H16N4O2S2. The number of aromatic nitrogens is 2. The van der Waals surface area contributed by atoms with E-state index in [4.69, 9.17) is 5.73 Å². The minimum atomic E-state index is -3.68. The van der Waals surface area contributed by atoms with Crippen molar-refractivity contribution in [2.75, 3.05) is 17.7 Å². The molecule has 0 saturated carbocycles. The molecule has 1 atom stereocenters. The normalized spacial score (nSPS) is 13.8. The van der Waals surface area contributed by atoms with E-state index in [1.165, 1.54) is 4.40 Å². The lowest BCUT2D eigenvalue weighted by Crippen LogP contribution is -2.35. The zero-order valence-electron chi connectivity index (χ0n) is 10.7. The number of nitrogens with two attached hydrogens (primary N) is 1. The van der Waals surface area contributed by atoms with E-state index in [-0.39, 0.29) is 16.9 Å². The molecule has 0 saturated heterocycles. The van der Waals surface area contributed by atoms with Crippen molar-refractivity contribution in [3.8, 4) is 0 Å². The van der Waals surface area contributed by atoms with Gasteiger partial charge in [0.1, 0.15) is 5.65 Å². The summed E-state index contributed by atoms with van der Waals surface area (Å²) in [6, 6.07) is 5.05. The lowest BCUT2D eigenvalue weighted by atomic mass is 10.4. The van der Waals surface area contributed by atoms with Crippen LogP contribution in [0.4, 0.5) is 5.82 Å². The van der Waals surface area contributed by atoms with E-state index in [2.05, 4.69) is 9.71 Å². The number of anilines is 1. The molecule has 0 aliphatic rings. The van der Waals surface area contributed by atoms with Crippen LogP contribution >= 0.6 is 11.8 Å². The van der Waals surface area contributed by atoms with E-state index in [9.17, 15) is 8.42 Å². The predicted octanol–water partition coefficient (Wildman–Crippen LogP) is 0.946. The van der Waals surface area contributed by atoms with Gasteiger partial charge in [0.2, 0.25) is 0 Å². The first-order valence-electron chi connectivity index (χ1n) is 5.69. The van der Waals surface area contributed by atoms with Gasteiger partial charge in [0.05, 0.1) is 0 Å². The average molecular weight is 300 g/mol. The van der Waals surface area contributed by atoms with Crippen molar-refractivity contribution in [2.45, 2.75) is 18.0 Å². The van der Waals surface area contributed by atoms with E-state index in [0.29, 0.717) is 11.4 Å². The molecule has 19 heavy (non-hydrogen) atoms. The third kappa shape index (κ3) is 2.85. The monoisotopic (exact) mass is 300 g/mol. The maximum absolute atomic E-state index is 12.4. The molecule has 0 aromatic carbocycles. The summed E-state index contributed by atoms with van der Waals surface area (Å²) < 4.78 is 28.8. The van der Waals surface area contributed by atoms with Crippen LogP contribution in [-0.4, -0.2) is 35.9 Å². The van der Waals surface area contributed by atoms with Crippen molar-refractivity contribution in [1.29, 1.82) is 0 Å². The standard InChI is InChI=1S/C11H16N4O2S2/c1-8(7-18-2)14-19(16,17)11-10(12)13-9-5-3-4-6-15(9)11/h3-6,8,14H,7,12H2,1-2H3. The van der Waals surface area contributed by atoms with Gasteiger partial charge in [-0.2, -0.15) is 11.8 Å². The Morgan fingerprint density at radius 2 is 2.26 bits per heavy atom. The van der Waals surface area contributed by atoms with Crippen LogP contribution in [0.5, 0.6) is 0 Å². The lowest BCUT2D eigenvalue weighted by molar-refractivity contribution is 0.567. The second-order valence-corrected chi connectivity index (χ2v) is 6.75. The summed E-state index contributed by atoms with van der Waals surface area (Å²) in [5.41, 5.74) is 6.24. The van der Waals surface area contributed by atoms with Crippen LogP contribution in [0.25, 0.3) is 5.65 Å². The molecule has 0 amide bonds. The van der Waals surface area contributed by atoms with Crippen molar-refractivity contribution in [3.63, 3.8) is 0 Å². The van der Waals surface area contributed by atoms with E-state index in [0.717, 1.165) is 0 Å². The molecule has 104 valence electrons. The van der Waals surface area contributed by atoms with Gasteiger partial charge < -0.3 is 5.73 Å². The van der Waals surface area contributed by atoms with Crippen molar-refractivity contribution in [3.05, 3.63) is 24.4 Å². The molecule has 1 unspecified atom stereocenters. The van der Waals surface area contributed by atoms with E-state index in [1.54, 1.807) is 36.2 Å². The van der Waals surface area contributed by atoms with Gasteiger partial charge >= 0.3 is 0 Å². The topological polar surface area (TPSA) is 89.5 Å². The van der Waals surface area contributed by atoms with Crippen molar-refractivity contribution in [2.24, 2.45) is 0 Å². The van der Waals surface area contributed by atoms with Crippen molar-refractivity contribution >= 4 is 33.3 Å². The van der Waals surface area contributed by atoms with Crippen LogP contribution in [0.1, 0.15) is 6.92 Å². The third-order valence-corrected chi connectivity index (χ3v) is 5.00. The van der Waals surface area contributed by atoms with Gasteiger partial charge in [0.25, 0.3) is 10.0 Å². The third-order valence-electron chi connectivity index (χ3n) is 2.54. The fourth-order valence-electron chi connectivity index (χ4n) is 1.86. The molecule has 0 aliphatic carbocycles. The Morgan fingerprint density at radius 1 is 1.53 bits per heavy atom. The maximum Gasteiger partial charge on any atom is 0.260 e. The summed E-state index contributed by atoms with van der Waals surface area (Å²) in [6.07, 6.45) is 3.56. The molecule has 2 aromatic heterocycles. The number of pyridine rings is 1. The number of nitrogen functional groups attached to an aromatic ring is 1. The minimum Gasteiger partial charge on any atom is -0.381 e. The summed E-state index contributed by atoms with van der Waals surface area (Å²) >= 11 is 1.57. The molecular weight excluding hydrogens is 284 g/mol. The van der Waals surface area contributed by atoms with Crippen molar-refractivity contribution in [1.82, 2.24) is 14.1 Å². The zero-order chi connectivity index (χ0) is 14.0. The van der Waals surface area contributed by atoms with Crippen LogP contribution in [-0.2, 0) is 10.0 Å². The Kier molecular flexibility index (Phi) is 4.02. The molecule has 0 aliphatic heterocycles. The molecule has 0 spiro atoms. The molecule has 3 N–H and O–H groups in total. The summed E-state index contributed by atoms with van der Waals surface area (Å²) in [5, 5.41) is -0.00365. The second kappa shape index (κ2) is 5.40. The number of thioether (sulfide) groups is 1. The quantitative estimate of drug-likeness (QED) is 0.858.